The van der Waals surface area contributed by atoms with Gasteiger partial charge in [0.15, 0.2) is 0 Å². The Labute approximate surface area is 104 Å². The molecule has 0 radical (unpaired) electrons. The number of methoxy groups -OCH3 is 1. The minimum absolute atomic E-state index is 0.487. The first-order valence-corrected chi connectivity index (χ1v) is 6.90. The number of nitrogens with one attached hydrogen (secondary N) is 2. The largest absolute Gasteiger partial charge is 0.381 e. The molecular weight excluding hydrogens is 216 g/mol. The summed E-state index contributed by atoms with van der Waals surface area (Å²) in [6.45, 7) is 6.14. The molecule has 1 saturated heterocycles. The zero-order valence-corrected chi connectivity index (χ0v) is 11.1. The SMILES string of the molecule is CCCNC1COCC1CNC1CC(OC)C1. The Bertz CT molecular complexity index is 219. The molecule has 1 saturated carbocycles. The van der Waals surface area contributed by atoms with Crippen molar-refractivity contribution in [2.75, 3.05) is 33.4 Å². The van der Waals surface area contributed by atoms with Gasteiger partial charge in [-0.3, -0.25) is 0 Å². The van der Waals surface area contributed by atoms with Gasteiger partial charge in [0.25, 0.3) is 0 Å². The van der Waals surface area contributed by atoms with E-state index in [2.05, 4.69) is 17.6 Å². The van der Waals surface area contributed by atoms with Crippen molar-refractivity contribution in [1.29, 1.82) is 0 Å². The second-order valence-electron chi connectivity index (χ2n) is 5.29. The molecule has 1 aliphatic heterocycles. The third kappa shape index (κ3) is 3.65. The third-order valence-electron chi connectivity index (χ3n) is 3.95. The maximum absolute atomic E-state index is 5.57. The van der Waals surface area contributed by atoms with Crippen molar-refractivity contribution in [2.24, 2.45) is 5.92 Å². The highest BCUT2D eigenvalue weighted by Crippen LogP contribution is 2.23. The van der Waals surface area contributed by atoms with Crippen molar-refractivity contribution in [3.8, 4) is 0 Å². The van der Waals surface area contributed by atoms with Crippen LogP contribution in [0, 0.1) is 5.92 Å². The smallest absolute Gasteiger partial charge is 0.0623 e. The van der Waals surface area contributed by atoms with Crippen molar-refractivity contribution < 1.29 is 9.47 Å². The topological polar surface area (TPSA) is 42.5 Å². The summed E-state index contributed by atoms with van der Waals surface area (Å²) >= 11 is 0. The van der Waals surface area contributed by atoms with Crippen LogP contribution in [0.2, 0.25) is 0 Å². The standard InChI is InChI=1S/C13H26N2O2/c1-3-4-14-13-9-17-8-10(13)7-15-11-5-12(6-11)16-2/h10-15H,3-9H2,1-2H3. The van der Waals surface area contributed by atoms with Gasteiger partial charge in [-0.25, -0.2) is 0 Å². The first-order chi connectivity index (χ1) is 8.33. The van der Waals surface area contributed by atoms with E-state index in [0.717, 1.165) is 39.1 Å². The lowest BCUT2D eigenvalue weighted by Gasteiger charge is -2.35. The van der Waals surface area contributed by atoms with Crippen LogP contribution < -0.4 is 10.6 Å². The number of ether oxygens (including phenoxy) is 2. The Morgan fingerprint density at radius 2 is 2.06 bits per heavy atom. The predicted octanol–water partition coefficient (Wildman–Crippen LogP) is 0.768. The number of hydrogen-bond donors (Lipinski definition) is 2. The fraction of sp³-hybridized carbons (Fsp3) is 1.00. The minimum atomic E-state index is 0.487. The first-order valence-electron chi connectivity index (χ1n) is 6.90. The molecule has 2 N–H and O–H groups in total. The molecule has 1 aliphatic carbocycles. The fourth-order valence-electron chi connectivity index (χ4n) is 2.60. The molecule has 17 heavy (non-hydrogen) atoms. The zero-order chi connectivity index (χ0) is 12.1. The van der Waals surface area contributed by atoms with Crippen LogP contribution in [0.5, 0.6) is 0 Å². The van der Waals surface area contributed by atoms with Crippen molar-refractivity contribution in [3.63, 3.8) is 0 Å². The second kappa shape index (κ2) is 6.69. The molecule has 0 aromatic heterocycles. The monoisotopic (exact) mass is 242 g/mol. The quantitative estimate of drug-likeness (QED) is 0.692. The molecule has 0 amide bonds. The highest BCUT2D eigenvalue weighted by atomic mass is 16.5. The van der Waals surface area contributed by atoms with Gasteiger partial charge in [-0.05, 0) is 25.8 Å². The number of rotatable bonds is 7. The van der Waals surface area contributed by atoms with Crippen LogP contribution in [-0.4, -0.2) is 51.6 Å². The zero-order valence-electron chi connectivity index (χ0n) is 11.1. The molecule has 2 aliphatic rings. The minimum Gasteiger partial charge on any atom is -0.381 e. The van der Waals surface area contributed by atoms with Gasteiger partial charge in [0, 0.05) is 31.7 Å². The highest BCUT2D eigenvalue weighted by Gasteiger charge is 2.32. The van der Waals surface area contributed by atoms with E-state index < -0.39 is 0 Å². The molecule has 1 heterocycles. The van der Waals surface area contributed by atoms with Gasteiger partial charge in [-0.2, -0.15) is 0 Å². The molecule has 2 rings (SSSR count). The molecule has 0 aromatic carbocycles. The summed E-state index contributed by atoms with van der Waals surface area (Å²) in [4.78, 5) is 0. The van der Waals surface area contributed by atoms with E-state index in [0.29, 0.717) is 24.1 Å². The van der Waals surface area contributed by atoms with Crippen molar-refractivity contribution >= 4 is 0 Å². The van der Waals surface area contributed by atoms with E-state index >= 15 is 0 Å². The second-order valence-corrected chi connectivity index (χ2v) is 5.29. The molecule has 2 unspecified atom stereocenters. The fourth-order valence-corrected chi connectivity index (χ4v) is 2.60. The summed E-state index contributed by atoms with van der Waals surface area (Å²) in [6, 6.07) is 1.20. The van der Waals surface area contributed by atoms with Gasteiger partial charge in [0.1, 0.15) is 0 Å². The molecule has 100 valence electrons. The maximum atomic E-state index is 5.57. The van der Waals surface area contributed by atoms with Crippen LogP contribution in [0.1, 0.15) is 26.2 Å². The van der Waals surface area contributed by atoms with E-state index in [4.69, 9.17) is 9.47 Å². The summed E-state index contributed by atoms with van der Waals surface area (Å²) in [5.74, 6) is 0.628. The van der Waals surface area contributed by atoms with E-state index in [1.54, 1.807) is 7.11 Å². The summed E-state index contributed by atoms with van der Waals surface area (Å²) < 4.78 is 10.9. The lowest BCUT2D eigenvalue weighted by molar-refractivity contribution is 0.0162. The van der Waals surface area contributed by atoms with Crippen LogP contribution in [-0.2, 0) is 9.47 Å². The van der Waals surface area contributed by atoms with Gasteiger partial charge >= 0.3 is 0 Å². The van der Waals surface area contributed by atoms with Crippen LogP contribution in [0.25, 0.3) is 0 Å². The van der Waals surface area contributed by atoms with Crippen LogP contribution in [0.15, 0.2) is 0 Å². The molecule has 4 nitrogen and oxygen atoms in total. The van der Waals surface area contributed by atoms with Gasteiger partial charge in [-0.15, -0.1) is 0 Å². The predicted molar refractivity (Wildman–Crippen MR) is 68.2 cm³/mol. The first kappa shape index (κ1) is 13.3. The molecule has 4 heteroatoms. The van der Waals surface area contributed by atoms with E-state index in [-0.39, 0.29) is 0 Å². The molecule has 2 atom stereocenters. The van der Waals surface area contributed by atoms with Crippen LogP contribution in [0.4, 0.5) is 0 Å². The molecule has 0 aromatic rings. The normalized spacial score (nSPS) is 37.1. The van der Waals surface area contributed by atoms with Gasteiger partial charge in [-0.1, -0.05) is 6.92 Å². The Kier molecular flexibility index (Phi) is 5.22. The Morgan fingerprint density at radius 3 is 2.76 bits per heavy atom. The van der Waals surface area contributed by atoms with Crippen LogP contribution in [0.3, 0.4) is 0 Å². The van der Waals surface area contributed by atoms with Crippen LogP contribution >= 0.6 is 0 Å². The molecule has 2 fully saturated rings. The number of hydrogen-bond acceptors (Lipinski definition) is 4. The van der Waals surface area contributed by atoms with Crippen molar-refractivity contribution in [1.82, 2.24) is 10.6 Å². The Morgan fingerprint density at radius 1 is 1.24 bits per heavy atom. The molecule has 0 bridgehead atoms. The Balaban J connectivity index is 1.61. The van der Waals surface area contributed by atoms with E-state index in [1.165, 1.54) is 6.42 Å². The maximum Gasteiger partial charge on any atom is 0.0623 e. The van der Waals surface area contributed by atoms with Gasteiger partial charge in [0.2, 0.25) is 0 Å². The van der Waals surface area contributed by atoms with Gasteiger partial charge in [0.05, 0.1) is 19.3 Å². The van der Waals surface area contributed by atoms with Crippen molar-refractivity contribution in [3.05, 3.63) is 0 Å². The average Bonchev–Trinajstić information content (AvgIpc) is 2.72. The molecular formula is C13H26N2O2. The summed E-state index contributed by atoms with van der Waals surface area (Å²) in [7, 11) is 1.80. The van der Waals surface area contributed by atoms with E-state index in [9.17, 15) is 0 Å². The van der Waals surface area contributed by atoms with E-state index in [1.807, 2.05) is 0 Å². The highest BCUT2D eigenvalue weighted by molar-refractivity contribution is 4.89. The Hall–Kier alpha value is -0.160. The van der Waals surface area contributed by atoms with Gasteiger partial charge < -0.3 is 20.1 Å². The lowest BCUT2D eigenvalue weighted by Crippen LogP contribution is -2.49. The summed E-state index contributed by atoms with van der Waals surface area (Å²) in [5, 5.41) is 7.20. The molecule has 0 spiro atoms. The summed E-state index contributed by atoms with van der Waals surface area (Å²) in [5.41, 5.74) is 0. The van der Waals surface area contributed by atoms with Crippen molar-refractivity contribution in [2.45, 2.75) is 44.4 Å². The summed E-state index contributed by atoms with van der Waals surface area (Å²) in [6.07, 6.45) is 4.00. The third-order valence-corrected chi connectivity index (χ3v) is 3.95. The average molecular weight is 242 g/mol. The lowest BCUT2D eigenvalue weighted by atomic mass is 9.88.